The van der Waals surface area contributed by atoms with Gasteiger partial charge in [-0.05, 0) is 43.5 Å². The normalized spacial score (nSPS) is 25.2. The number of aromatic nitrogens is 3. The molecule has 1 aromatic heterocycles. The van der Waals surface area contributed by atoms with Crippen LogP contribution in [0.25, 0.3) is 0 Å². The molecule has 0 aromatic carbocycles. The fourth-order valence-electron chi connectivity index (χ4n) is 2.42. The van der Waals surface area contributed by atoms with Gasteiger partial charge in [-0.25, -0.2) is 0 Å². The molecule has 1 fully saturated rings. The van der Waals surface area contributed by atoms with Crippen LogP contribution in [0.5, 0.6) is 0 Å². The van der Waals surface area contributed by atoms with E-state index in [-0.39, 0.29) is 0 Å². The maximum absolute atomic E-state index is 6.13. The summed E-state index contributed by atoms with van der Waals surface area (Å²) in [5.41, 5.74) is 0. The van der Waals surface area contributed by atoms with Crippen molar-refractivity contribution in [1.29, 1.82) is 0 Å². The summed E-state index contributed by atoms with van der Waals surface area (Å²) in [5, 5.41) is 9.52. The number of thioether (sulfide) groups is 1. The van der Waals surface area contributed by atoms with E-state index in [1.165, 1.54) is 19.3 Å². The second-order valence-electron chi connectivity index (χ2n) is 4.33. The molecule has 1 saturated carbocycles. The lowest BCUT2D eigenvalue weighted by molar-refractivity contribution is 0.496. The number of aryl methyl sites for hydroxylation is 1. The quantitative estimate of drug-likeness (QED) is 0.831. The number of halogens is 1. The first-order chi connectivity index (χ1) is 7.76. The first kappa shape index (κ1) is 12.2. The predicted octanol–water partition coefficient (Wildman–Crippen LogP) is 3.34. The highest BCUT2D eigenvalue weighted by molar-refractivity contribution is 7.99. The molecule has 1 heterocycles. The number of hydrogen-bond acceptors (Lipinski definition) is 3. The largest absolute Gasteiger partial charge is 0.299 e. The lowest BCUT2D eigenvalue weighted by Gasteiger charge is -2.15. The van der Waals surface area contributed by atoms with Crippen LogP contribution < -0.4 is 0 Å². The highest BCUT2D eigenvalue weighted by atomic mass is 35.5. The smallest absolute Gasteiger partial charge is 0.225 e. The molecule has 0 radical (unpaired) electrons. The van der Waals surface area contributed by atoms with Crippen molar-refractivity contribution in [3.05, 3.63) is 11.1 Å². The van der Waals surface area contributed by atoms with Crippen LogP contribution in [0.15, 0.2) is 0 Å². The van der Waals surface area contributed by atoms with Crippen LogP contribution in [0.4, 0.5) is 0 Å². The second kappa shape index (κ2) is 5.41. The summed E-state index contributed by atoms with van der Waals surface area (Å²) in [6, 6.07) is 0.515. The SMILES string of the molecule is CCCc1nnc(Cl)n1C1CCC(SC)C1. The molecule has 16 heavy (non-hydrogen) atoms. The van der Waals surface area contributed by atoms with Crippen LogP contribution in [-0.2, 0) is 6.42 Å². The second-order valence-corrected chi connectivity index (χ2v) is 5.81. The van der Waals surface area contributed by atoms with Crippen LogP contribution in [0.1, 0.15) is 44.5 Å². The van der Waals surface area contributed by atoms with Gasteiger partial charge in [0.15, 0.2) is 0 Å². The van der Waals surface area contributed by atoms with Gasteiger partial charge in [0.05, 0.1) is 0 Å². The van der Waals surface area contributed by atoms with Gasteiger partial charge >= 0.3 is 0 Å². The maximum atomic E-state index is 6.13. The van der Waals surface area contributed by atoms with Crippen LogP contribution >= 0.6 is 23.4 Å². The lowest BCUT2D eigenvalue weighted by atomic mass is 10.2. The van der Waals surface area contributed by atoms with Crippen LogP contribution in [0.2, 0.25) is 5.28 Å². The van der Waals surface area contributed by atoms with E-state index in [0.29, 0.717) is 11.3 Å². The monoisotopic (exact) mass is 259 g/mol. The zero-order valence-corrected chi connectivity index (χ0v) is 11.4. The Labute approximate surface area is 106 Å². The molecule has 2 unspecified atom stereocenters. The van der Waals surface area contributed by atoms with Gasteiger partial charge < -0.3 is 0 Å². The van der Waals surface area contributed by atoms with Crippen molar-refractivity contribution < 1.29 is 0 Å². The fourth-order valence-corrected chi connectivity index (χ4v) is 3.48. The standard InChI is InChI=1S/C11H18ClN3S/c1-3-4-10-13-14-11(12)15(10)8-5-6-9(7-8)16-2/h8-9H,3-7H2,1-2H3. The van der Waals surface area contributed by atoms with Gasteiger partial charge in [0.25, 0.3) is 0 Å². The van der Waals surface area contributed by atoms with E-state index >= 15 is 0 Å². The molecule has 1 aliphatic rings. The van der Waals surface area contributed by atoms with Crippen molar-refractivity contribution in [2.45, 2.75) is 50.3 Å². The van der Waals surface area contributed by atoms with Crippen LogP contribution in [0, 0.1) is 0 Å². The molecule has 2 rings (SSSR count). The van der Waals surface area contributed by atoms with Gasteiger partial charge in [0.2, 0.25) is 5.28 Å². The first-order valence-corrected chi connectivity index (χ1v) is 7.55. The van der Waals surface area contributed by atoms with E-state index in [1.54, 1.807) is 0 Å². The average molecular weight is 260 g/mol. The highest BCUT2D eigenvalue weighted by Gasteiger charge is 2.28. The van der Waals surface area contributed by atoms with Crippen molar-refractivity contribution in [2.24, 2.45) is 0 Å². The molecule has 1 aromatic rings. The lowest BCUT2D eigenvalue weighted by Crippen LogP contribution is -2.10. The molecule has 90 valence electrons. The van der Waals surface area contributed by atoms with Crippen molar-refractivity contribution in [1.82, 2.24) is 14.8 Å². The third-order valence-electron chi connectivity index (χ3n) is 3.25. The van der Waals surface area contributed by atoms with Crippen molar-refractivity contribution in [3.8, 4) is 0 Å². The maximum Gasteiger partial charge on any atom is 0.225 e. The molecular formula is C11H18ClN3S. The van der Waals surface area contributed by atoms with Crippen molar-refractivity contribution in [3.63, 3.8) is 0 Å². The van der Waals surface area contributed by atoms with E-state index in [2.05, 4.69) is 27.9 Å². The summed E-state index contributed by atoms with van der Waals surface area (Å²) < 4.78 is 2.15. The van der Waals surface area contributed by atoms with Crippen molar-refractivity contribution in [2.75, 3.05) is 6.26 Å². The molecule has 3 nitrogen and oxygen atoms in total. The topological polar surface area (TPSA) is 30.7 Å². The molecule has 0 saturated heterocycles. The molecule has 0 spiro atoms. The van der Waals surface area contributed by atoms with Gasteiger partial charge in [0, 0.05) is 17.7 Å². The molecule has 0 amide bonds. The zero-order chi connectivity index (χ0) is 11.5. The third kappa shape index (κ3) is 2.38. The minimum Gasteiger partial charge on any atom is -0.299 e. The molecule has 0 bridgehead atoms. The minimum atomic E-state index is 0.515. The average Bonchev–Trinajstić information content (AvgIpc) is 2.86. The summed E-state index contributed by atoms with van der Waals surface area (Å²) in [6.07, 6.45) is 7.95. The van der Waals surface area contributed by atoms with Gasteiger partial charge in [0.1, 0.15) is 5.82 Å². The highest BCUT2D eigenvalue weighted by Crippen LogP contribution is 2.37. The van der Waals surface area contributed by atoms with Crippen molar-refractivity contribution >= 4 is 23.4 Å². The van der Waals surface area contributed by atoms with Gasteiger partial charge in [-0.3, -0.25) is 4.57 Å². The number of rotatable bonds is 4. The Morgan fingerprint density at radius 2 is 2.25 bits per heavy atom. The van der Waals surface area contributed by atoms with E-state index in [4.69, 9.17) is 11.6 Å². The van der Waals surface area contributed by atoms with Crippen LogP contribution in [-0.4, -0.2) is 26.3 Å². The van der Waals surface area contributed by atoms with E-state index in [9.17, 15) is 0 Å². The van der Waals surface area contributed by atoms with Gasteiger partial charge in [-0.2, -0.15) is 11.8 Å². The summed E-state index contributed by atoms with van der Waals surface area (Å²) in [5.74, 6) is 1.05. The van der Waals surface area contributed by atoms with Gasteiger partial charge in [-0.15, -0.1) is 10.2 Å². The van der Waals surface area contributed by atoms with E-state index < -0.39 is 0 Å². The van der Waals surface area contributed by atoms with E-state index in [1.807, 2.05) is 11.8 Å². The van der Waals surface area contributed by atoms with E-state index in [0.717, 1.165) is 23.9 Å². The Balaban J connectivity index is 2.16. The minimum absolute atomic E-state index is 0.515. The van der Waals surface area contributed by atoms with Gasteiger partial charge in [-0.1, -0.05) is 6.92 Å². The Kier molecular flexibility index (Phi) is 4.14. The first-order valence-electron chi connectivity index (χ1n) is 5.88. The summed E-state index contributed by atoms with van der Waals surface area (Å²) in [6.45, 7) is 2.16. The molecule has 2 atom stereocenters. The molecule has 0 aliphatic heterocycles. The molecular weight excluding hydrogens is 242 g/mol. The predicted molar refractivity (Wildman–Crippen MR) is 69.2 cm³/mol. The Bertz CT molecular complexity index is 353. The summed E-state index contributed by atoms with van der Waals surface area (Å²) >= 11 is 8.10. The zero-order valence-electron chi connectivity index (χ0n) is 9.82. The Morgan fingerprint density at radius 1 is 1.44 bits per heavy atom. The molecule has 1 aliphatic carbocycles. The summed E-state index contributed by atoms with van der Waals surface area (Å²) in [4.78, 5) is 0. The molecule has 0 N–H and O–H groups in total. The fraction of sp³-hybridized carbons (Fsp3) is 0.818. The third-order valence-corrected chi connectivity index (χ3v) is 4.61. The van der Waals surface area contributed by atoms with Crippen LogP contribution in [0.3, 0.4) is 0 Å². The molecule has 5 heteroatoms. The Morgan fingerprint density at radius 3 is 2.88 bits per heavy atom. The Hall–Kier alpha value is -0.220. The number of nitrogens with zero attached hydrogens (tertiary/aromatic N) is 3. The summed E-state index contributed by atoms with van der Waals surface area (Å²) in [7, 11) is 0. The number of hydrogen-bond donors (Lipinski definition) is 0.